The highest BCUT2D eigenvalue weighted by Crippen LogP contribution is 2.23. The molecule has 1 amide bonds. The fourth-order valence-electron chi connectivity index (χ4n) is 3.36. The van der Waals surface area contributed by atoms with E-state index in [-0.39, 0.29) is 10.8 Å². The van der Waals surface area contributed by atoms with E-state index in [2.05, 4.69) is 5.32 Å². The Morgan fingerprint density at radius 2 is 1.86 bits per heavy atom. The van der Waals surface area contributed by atoms with Gasteiger partial charge in [-0.1, -0.05) is 24.6 Å². The lowest BCUT2D eigenvalue weighted by Crippen LogP contribution is -2.35. The van der Waals surface area contributed by atoms with Crippen LogP contribution in [0.25, 0.3) is 0 Å². The number of rotatable bonds is 6. The molecule has 0 spiro atoms. The Labute approximate surface area is 166 Å². The molecule has 6 nitrogen and oxygen atoms in total. The number of aryl methyl sites for hydroxylation is 1. The SMILES string of the molecule is COCc1cccc(NC(=O)c2cc(S(=O)(=O)N3CCCCC3)ccc2C)c1. The topological polar surface area (TPSA) is 75.7 Å². The molecule has 1 saturated heterocycles. The van der Waals surface area contributed by atoms with Gasteiger partial charge in [0.05, 0.1) is 11.5 Å². The number of carbonyl (C=O) groups excluding carboxylic acids is 1. The standard InChI is InChI=1S/C21H26N2O4S/c1-16-9-10-19(28(25,26)23-11-4-3-5-12-23)14-20(16)21(24)22-18-8-6-7-17(13-18)15-27-2/h6-10,13-14H,3-5,11-12,15H2,1-2H3,(H,22,24). The van der Waals surface area contributed by atoms with E-state index in [1.54, 1.807) is 32.2 Å². The van der Waals surface area contributed by atoms with Gasteiger partial charge in [0.25, 0.3) is 5.91 Å². The van der Waals surface area contributed by atoms with Crippen LogP contribution in [-0.2, 0) is 21.4 Å². The van der Waals surface area contributed by atoms with E-state index in [9.17, 15) is 13.2 Å². The van der Waals surface area contributed by atoms with Gasteiger partial charge in [0.1, 0.15) is 0 Å². The molecule has 1 heterocycles. The van der Waals surface area contributed by atoms with Crippen molar-refractivity contribution in [2.75, 3.05) is 25.5 Å². The molecular formula is C21H26N2O4S. The van der Waals surface area contributed by atoms with Crippen LogP contribution in [0, 0.1) is 6.92 Å². The van der Waals surface area contributed by atoms with Crippen molar-refractivity contribution in [2.24, 2.45) is 0 Å². The van der Waals surface area contributed by atoms with Gasteiger partial charge in [-0.05, 0) is 55.2 Å². The molecule has 2 aromatic carbocycles. The fourth-order valence-corrected chi connectivity index (χ4v) is 4.91. The van der Waals surface area contributed by atoms with Crippen LogP contribution in [0.3, 0.4) is 0 Å². The second-order valence-electron chi connectivity index (χ2n) is 7.03. The Bertz CT molecular complexity index is 951. The molecule has 0 aliphatic carbocycles. The lowest BCUT2D eigenvalue weighted by molar-refractivity contribution is 0.102. The third kappa shape index (κ3) is 4.60. The molecule has 150 valence electrons. The Morgan fingerprint density at radius 3 is 2.57 bits per heavy atom. The molecule has 0 unspecified atom stereocenters. The van der Waals surface area contributed by atoms with Gasteiger partial charge >= 0.3 is 0 Å². The third-order valence-electron chi connectivity index (χ3n) is 4.90. The lowest BCUT2D eigenvalue weighted by atomic mass is 10.1. The summed E-state index contributed by atoms with van der Waals surface area (Å²) in [6, 6.07) is 12.1. The molecule has 1 aliphatic heterocycles. The predicted octanol–water partition coefficient (Wildman–Crippen LogP) is 3.57. The first kappa shape index (κ1) is 20.5. The number of hydrogen-bond acceptors (Lipinski definition) is 4. The van der Waals surface area contributed by atoms with E-state index in [0.29, 0.717) is 30.9 Å². The van der Waals surface area contributed by atoms with Crippen LogP contribution < -0.4 is 5.32 Å². The van der Waals surface area contributed by atoms with Gasteiger partial charge < -0.3 is 10.1 Å². The number of nitrogens with zero attached hydrogens (tertiary/aromatic N) is 1. The molecular weight excluding hydrogens is 376 g/mol. The molecule has 1 aliphatic rings. The first-order valence-corrected chi connectivity index (χ1v) is 10.9. The second kappa shape index (κ2) is 8.86. The van der Waals surface area contributed by atoms with Crippen molar-refractivity contribution in [3.8, 4) is 0 Å². The summed E-state index contributed by atoms with van der Waals surface area (Å²) in [5.74, 6) is -0.331. The number of nitrogens with one attached hydrogen (secondary N) is 1. The van der Waals surface area contributed by atoms with Crippen molar-refractivity contribution in [2.45, 2.75) is 37.7 Å². The first-order chi connectivity index (χ1) is 13.4. The average molecular weight is 403 g/mol. The average Bonchev–Trinajstić information content (AvgIpc) is 2.69. The quantitative estimate of drug-likeness (QED) is 0.801. The van der Waals surface area contributed by atoms with Crippen LogP contribution in [0.2, 0.25) is 0 Å². The number of hydrogen-bond donors (Lipinski definition) is 1. The van der Waals surface area contributed by atoms with Crippen LogP contribution in [0.15, 0.2) is 47.4 Å². The highest BCUT2D eigenvalue weighted by molar-refractivity contribution is 7.89. The number of carbonyl (C=O) groups is 1. The van der Waals surface area contributed by atoms with E-state index in [0.717, 1.165) is 30.4 Å². The third-order valence-corrected chi connectivity index (χ3v) is 6.80. The van der Waals surface area contributed by atoms with Crippen LogP contribution in [0.4, 0.5) is 5.69 Å². The van der Waals surface area contributed by atoms with Gasteiger partial charge in [-0.25, -0.2) is 8.42 Å². The highest BCUT2D eigenvalue weighted by atomic mass is 32.2. The van der Waals surface area contributed by atoms with Gasteiger partial charge in [0.2, 0.25) is 10.0 Å². The maximum atomic E-state index is 12.9. The molecule has 0 bridgehead atoms. The van der Waals surface area contributed by atoms with Gasteiger partial charge in [-0.3, -0.25) is 4.79 Å². The minimum absolute atomic E-state index is 0.165. The zero-order chi connectivity index (χ0) is 20.1. The maximum Gasteiger partial charge on any atom is 0.255 e. The number of anilines is 1. The number of sulfonamides is 1. The summed E-state index contributed by atoms with van der Waals surface area (Å²) in [4.78, 5) is 13.0. The summed E-state index contributed by atoms with van der Waals surface area (Å²) in [7, 11) is -1.97. The normalized spacial score (nSPS) is 15.4. The molecule has 3 rings (SSSR count). The Morgan fingerprint density at radius 1 is 1.11 bits per heavy atom. The summed E-state index contributed by atoms with van der Waals surface area (Å²) in [6.07, 6.45) is 2.79. The van der Waals surface area contributed by atoms with Crippen molar-refractivity contribution in [3.63, 3.8) is 0 Å². The van der Waals surface area contributed by atoms with E-state index in [1.165, 1.54) is 10.4 Å². The van der Waals surface area contributed by atoms with E-state index in [1.807, 2.05) is 18.2 Å². The smallest absolute Gasteiger partial charge is 0.255 e. The summed E-state index contributed by atoms with van der Waals surface area (Å²) >= 11 is 0. The van der Waals surface area contributed by atoms with Crippen molar-refractivity contribution in [3.05, 3.63) is 59.2 Å². The van der Waals surface area contributed by atoms with Crippen LogP contribution >= 0.6 is 0 Å². The van der Waals surface area contributed by atoms with Crippen molar-refractivity contribution < 1.29 is 17.9 Å². The Kier molecular flexibility index (Phi) is 6.49. The molecule has 1 N–H and O–H groups in total. The highest BCUT2D eigenvalue weighted by Gasteiger charge is 2.27. The first-order valence-electron chi connectivity index (χ1n) is 9.42. The number of piperidine rings is 1. The maximum absolute atomic E-state index is 12.9. The number of ether oxygens (including phenoxy) is 1. The van der Waals surface area contributed by atoms with Gasteiger partial charge in [-0.2, -0.15) is 4.31 Å². The van der Waals surface area contributed by atoms with Crippen molar-refractivity contribution in [1.29, 1.82) is 0 Å². The van der Waals surface area contributed by atoms with Gasteiger partial charge in [0, 0.05) is 31.5 Å². The Balaban J connectivity index is 1.84. The molecule has 0 saturated carbocycles. The number of methoxy groups -OCH3 is 1. The van der Waals surface area contributed by atoms with Crippen LogP contribution in [0.1, 0.15) is 40.7 Å². The summed E-state index contributed by atoms with van der Waals surface area (Å²) in [5, 5.41) is 2.85. The lowest BCUT2D eigenvalue weighted by Gasteiger charge is -2.26. The second-order valence-corrected chi connectivity index (χ2v) is 8.97. The molecule has 28 heavy (non-hydrogen) atoms. The van der Waals surface area contributed by atoms with Gasteiger partial charge in [0.15, 0.2) is 0 Å². The molecule has 2 aromatic rings. The molecule has 0 aromatic heterocycles. The molecule has 0 radical (unpaired) electrons. The zero-order valence-electron chi connectivity index (χ0n) is 16.3. The number of amides is 1. The molecule has 1 fully saturated rings. The molecule has 7 heteroatoms. The Hall–Kier alpha value is -2.22. The predicted molar refractivity (Wildman–Crippen MR) is 109 cm³/mol. The minimum Gasteiger partial charge on any atom is -0.380 e. The summed E-state index contributed by atoms with van der Waals surface area (Å²) in [6.45, 7) is 3.31. The minimum atomic E-state index is -3.58. The monoisotopic (exact) mass is 402 g/mol. The zero-order valence-corrected chi connectivity index (χ0v) is 17.1. The van der Waals surface area contributed by atoms with Crippen molar-refractivity contribution in [1.82, 2.24) is 4.31 Å². The van der Waals surface area contributed by atoms with Crippen LogP contribution in [0.5, 0.6) is 0 Å². The number of benzene rings is 2. The van der Waals surface area contributed by atoms with E-state index in [4.69, 9.17) is 4.74 Å². The summed E-state index contributed by atoms with van der Waals surface area (Å²) < 4.78 is 32.5. The van der Waals surface area contributed by atoms with E-state index < -0.39 is 10.0 Å². The van der Waals surface area contributed by atoms with Crippen LogP contribution in [-0.4, -0.2) is 38.8 Å². The van der Waals surface area contributed by atoms with E-state index >= 15 is 0 Å². The molecule has 0 atom stereocenters. The fraction of sp³-hybridized carbons (Fsp3) is 0.381. The van der Waals surface area contributed by atoms with Crippen molar-refractivity contribution >= 4 is 21.6 Å². The largest absolute Gasteiger partial charge is 0.380 e. The summed E-state index contributed by atoms with van der Waals surface area (Å²) in [5.41, 5.74) is 2.67. The van der Waals surface area contributed by atoms with Gasteiger partial charge in [-0.15, -0.1) is 0 Å².